The van der Waals surface area contributed by atoms with Crippen LogP contribution in [-0.2, 0) is 6.42 Å². The average molecular weight is 248 g/mol. The Morgan fingerprint density at radius 1 is 1.28 bits per heavy atom. The normalized spacial score (nSPS) is 24.1. The Bertz CT molecular complexity index is 329. The van der Waals surface area contributed by atoms with Crippen molar-refractivity contribution < 1.29 is 5.11 Å². The monoisotopic (exact) mass is 248 g/mol. The van der Waals surface area contributed by atoms with Crippen LogP contribution < -0.4 is 5.32 Å². The molecule has 2 atom stereocenters. The number of aliphatic hydroxyl groups excluding tert-OH is 1. The molecule has 1 saturated carbocycles. The van der Waals surface area contributed by atoms with Gasteiger partial charge in [0, 0.05) is 19.0 Å². The molecule has 0 spiro atoms. The fourth-order valence-corrected chi connectivity index (χ4v) is 2.86. The number of rotatable bonds is 6. The molecule has 0 amide bonds. The predicted molar refractivity (Wildman–Crippen MR) is 73.3 cm³/mol. The van der Waals surface area contributed by atoms with Gasteiger partial charge in [0.1, 0.15) is 0 Å². The van der Waals surface area contributed by atoms with Gasteiger partial charge in [-0.3, -0.25) is 4.98 Å². The van der Waals surface area contributed by atoms with E-state index < -0.39 is 0 Å². The van der Waals surface area contributed by atoms with E-state index in [0.29, 0.717) is 18.4 Å². The third kappa shape index (κ3) is 4.07. The van der Waals surface area contributed by atoms with Gasteiger partial charge in [-0.15, -0.1) is 0 Å². The first-order valence-electron chi connectivity index (χ1n) is 7.10. The van der Waals surface area contributed by atoms with Crippen molar-refractivity contribution in [2.24, 2.45) is 11.8 Å². The molecule has 1 aromatic heterocycles. The number of pyridine rings is 1. The minimum absolute atomic E-state index is 0.356. The fraction of sp³-hybridized carbons (Fsp3) is 0.667. The number of nitrogens with one attached hydrogen (secondary N) is 1. The van der Waals surface area contributed by atoms with E-state index in [4.69, 9.17) is 0 Å². The smallest absolute Gasteiger partial charge is 0.0462 e. The van der Waals surface area contributed by atoms with Gasteiger partial charge in [-0.05, 0) is 55.8 Å². The Hall–Kier alpha value is -0.930. The van der Waals surface area contributed by atoms with Gasteiger partial charge in [0.15, 0.2) is 0 Å². The molecule has 1 aliphatic carbocycles. The highest BCUT2D eigenvalue weighted by Gasteiger charge is 2.23. The van der Waals surface area contributed by atoms with Gasteiger partial charge in [0.2, 0.25) is 0 Å². The molecule has 1 aliphatic rings. The number of aromatic nitrogens is 1. The van der Waals surface area contributed by atoms with Gasteiger partial charge < -0.3 is 10.4 Å². The van der Waals surface area contributed by atoms with Gasteiger partial charge in [0.05, 0.1) is 0 Å². The molecular formula is C15H24N2O. The Morgan fingerprint density at radius 2 is 2.11 bits per heavy atom. The molecule has 1 heterocycles. The van der Waals surface area contributed by atoms with Crippen LogP contribution >= 0.6 is 0 Å². The molecular weight excluding hydrogens is 224 g/mol. The molecule has 1 aromatic rings. The molecule has 0 radical (unpaired) electrons. The second-order valence-corrected chi connectivity index (χ2v) is 5.30. The second-order valence-electron chi connectivity index (χ2n) is 5.30. The van der Waals surface area contributed by atoms with E-state index in [1.807, 2.05) is 18.5 Å². The van der Waals surface area contributed by atoms with E-state index in [1.165, 1.54) is 31.2 Å². The van der Waals surface area contributed by atoms with Crippen LogP contribution in [0.2, 0.25) is 0 Å². The highest BCUT2D eigenvalue weighted by Crippen LogP contribution is 2.28. The van der Waals surface area contributed by atoms with Crippen molar-refractivity contribution >= 4 is 0 Å². The van der Waals surface area contributed by atoms with Crippen LogP contribution in [0.15, 0.2) is 24.5 Å². The third-order valence-electron chi connectivity index (χ3n) is 4.02. The minimum Gasteiger partial charge on any atom is -0.396 e. The van der Waals surface area contributed by atoms with Gasteiger partial charge in [0.25, 0.3) is 0 Å². The fourth-order valence-electron chi connectivity index (χ4n) is 2.86. The maximum atomic E-state index is 9.36. The Labute approximate surface area is 110 Å². The summed E-state index contributed by atoms with van der Waals surface area (Å²) in [5.41, 5.74) is 1.28. The van der Waals surface area contributed by atoms with E-state index in [9.17, 15) is 5.11 Å². The van der Waals surface area contributed by atoms with Crippen molar-refractivity contribution in [3.63, 3.8) is 0 Å². The van der Waals surface area contributed by atoms with Crippen molar-refractivity contribution in [1.82, 2.24) is 10.3 Å². The van der Waals surface area contributed by atoms with E-state index in [-0.39, 0.29) is 0 Å². The molecule has 2 N–H and O–H groups in total. The quantitative estimate of drug-likeness (QED) is 0.757. The van der Waals surface area contributed by atoms with Crippen LogP contribution in [0.25, 0.3) is 0 Å². The second kappa shape index (κ2) is 7.49. The Balaban J connectivity index is 1.65. The lowest BCUT2D eigenvalue weighted by Crippen LogP contribution is -2.33. The van der Waals surface area contributed by atoms with Crippen LogP contribution in [0.4, 0.5) is 0 Å². The molecule has 2 rings (SSSR count). The molecule has 3 nitrogen and oxygen atoms in total. The topological polar surface area (TPSA) is 45.1 Å². The minimum atomic E-state index is 0.356. The van der Waals surface area contributed by atoms with E-state index in [1.54, 1.807) is 0 Å². The van der Waals surface area contributed by atoms with Crippen molar-refractivity contribution in [3.05, 3.63) is 30.1 Å². The lowest BCUT2D eigenvalue weighted by atomic mass is 9.79. The molecule has 0 bridgehead atoms. The van der Waals surface area contributed by atoms with Crippen LogP contribution in [0.3, 0.4) is 0 Å². The summed E-state index contributed by atoms with van der Waals surface area (Å²) in [5.74, 6) is 1.18. The van der Waals surface area contributed by atoms with Crippen molar-refractivity contribution in [2.75, 3.05) is 19.7 Å². The number of hydrogen-bond donors (Lipinski definition) is 2. The lowest BCUT2D eigenvalue weighted by molar-refractivity contribution is 0.133. The highest BCUT2D eigenvalue weighted by atomic mass is 16.3. The molecule has 0 saturated heterocycles. The maximum absolute atomic E-state index is 9.36. The van der Waals surface area contributed by atoms with Crippen LogP contribution in [-0.4, -0.2) is 29.8 Å². The summed E-state index contributed by atoms with van der Waals surface area (Å²) >= 11 is 0. The summed E-state index contributed by atoms with van der Waals surface area (Å²) in [6.07, 6.45) is 9.85. The largest absolute Gasteiger partial charge is 0.396 e. The summed E-state index contributed by atoms with van der Waals surface area (Å²) in [5, 5.41) is 12.9. The van der Waals surface area contributed by atoms with Crippen molar-refractivity contribution in [1.29, 1.82) is 0 Å². The highest BCUT2D eigenvalue weighted by molar-refractivity contribution is 5.08. The van der Waals surface area contributed by atoms with E-state index in [2.05, 4.69) is 16.4 Å². The molecule has 3 heteroatoms. The Kier molecular flexibility index (Phi) is 5.62. The van der Waals surface area contributed by atoms with Gasteiger partial charge in [-0.2, -0.15) is 0 Å². The van der Waals surface area contributed by atoms with Crippen LogP contribution in [0, 0.1) is 11.8 Å². The lowest BCUT2D eigenvalue weighted by Gasteiger charge is -2.30. The first kappa shape index (κ1) is 13.5. The summed E-state index contributed by atoms with van der Waals surface area (Å²) in [6.45, 7) is 2.40. The first-order chi connectivity index (χ1) is 8.90. The molecule has 2 unspecified atom stereocenters. The van der Waals surface area contributed by atoms with E-state index >= 15 is 0 Å². The van der Waals surface area contributed by atoms with Crippen molar-refractivity contribution in [3.8, 4) is 0 Å². The standard InChI is InChI=1S/C15H24N2O/c18-12-15-6-2-1-5-14(15)11-17-9-7-13-4-3-8-16-10-13/h3-4,8,10,14-15,17-18H,1-2,5-7,9,11-12H2. The zero-order chi connectivity index (χ0) is 12.6. The van der Waals surface area contributed by atoms with Gasteiger partial charge >= 0.3 is 0 Å². The summed E-state index contributed by atoms with van der Waals surface area (Å²) in [4.78, 5) is 4.12. The predicted octanol–water partition coefficient (Wildman–Crippen LogP) is 2.01. The van der Waals surface area contributed by atoms with Crippen LogP contribution in [0.5, 0.6) is 0 Å². The number of aliphatic hydroxyl groups is 1. The maximum Gasteiger partial charge on any atom is 0.0462 e. The Morgan fingerprint density at radius 3 is 2.83 bits per heavy atom. The molecule has 0 aromatic carbocycles. The van der Waals surface area contributed by atoms with Crippen molar-refractivity contribution in [2.45, 2.75) is 32.1 Å². The molecule has 0 aliphatic heterocycles. The number of nitrogens with zero attached hydrogens (tertiary/aromatic N) is 1. The molecule has 1 fully saturated rings. The molecule has 18 heavy (non-hydrogen) atoms. The summed E-state index contributed by atoms with van der Waals surface area (Å²) < 4.78 is 0. The average Bonchev–Trinajstić information content (AvgIpc) is 2.45. The zero-order valence-corrected chi connectivity index (χ0v) is 11.0. The first-order valence-corrected chi connectivity index (χ1v) is 7.10. The zero-order valence-electron chi connectivity index (χ0n) is 11.0. The van der Waals surface area contributed by atoms with E-state index in [0.717, 1.165) is 19.5 Å². The SMILES string of the molecule is OCC1CCCCC1CNCCc1cccnc1. The summed E-state index contributed by atoms with van der Waals surface area (Å²) in [6, 6.07) is 4.10. The molecule has 100 valence electrons. The van der Waals surface area contributed by atoms with Crippen LogP contribution in [0.1, 0.15) is 31.2 Å². The third-order valence-corrected chi connectivity index (χ3v) is 4.02. The summed E-state index contributed by atoms with van der Waals surface area (Å²) in [7, 11) is 0. The van der Waals surface area contributed by atoms with Gasteiger partial charge in [-0.1, -0.05) is 18.9 Å². The van der Waals surface area contributed by atoms with Gasteiger partial charge in [-0.25, -0.2) is 0 Å². The number of hydrogen-bond acceptors (Lipinski definition) is 3.